The zero-order chi connectivity index (χ0) is 12.0. The van der Waals surface area contributed by atoms with Crippen molar-refractivity contribution in [3.63, 3.8) is 0 Å². The van der Waals surface area contributed by atoms with Crippen LogP contribution in [0, 0.1) is 18.3 Å². The van der Waals surface area contributed by atoms with Crippen LogP contribution in [0.2, 0.25) is 0 Å². The molecule has 0 spiro atoms. The van der Waals surface area contributed by atoms with E-state index in [0.717, 1.165) is 11.1 Å². The SMILES string of the molecule is CC(=O)SCC=Cc1ccc(C#N)cc1C. The lowest BCUT2D eigenvalue weighted by molar-refractivity contribution is -0.109. The van der Waals surface area contributed by atoms with Crippen LogP contribution in [-0.4, -0.2) is 10.9 Å². The van der Waals surface area contributed by atoms with Gasteiger partial charge >= 0.3 is 0 Å². The Morgan fingerprint density at radius 2 is 2.31 bits per heavy atom. The van der Waals surface area contributed by atoms with Crippen molar-refractivity contribution in [2.75, 3.05) is 5.75 Å². The summed E-state index contributed by atoms with van der Waals surface area (Å²) in [5, 5.41) is 8.85. The first-order valence-electron chi connectivity index (χ1n) is 4.94. The Kier molecular flexibility index (Phi) is 4.81. The fourth-order valence-corrected chi connectivity index (χ4v) is 1.70. The largest absolute Gasteiger partial charge is 0.288 e. The average Bonchev–Trinajstić information content (AvgIpc) is 2.25. The van der Waals surface area contributed by atoms with E-state index in [1.165, 1.54) is 11.8 Å². The molecule has 0 unspecified atom stereocenters. The highest BCUT2D eigenvalue weighted by Gasteiger charge is 1.96. The molecule has 16 heavy (non-hydrogen) atoms. The molecule has 0 aliphatic rings. The van der Waals surface area contributed by atoms with Gasteiger partial charge in [-0.3, -0.25) is 4.79 Å². The molecular formula is C13H13NOS. The highest BCUT2D eigenvalue weighted by atomic mass is 32.2. The van der Waals surface area contributed by atoms with Gasteiger partial charge in [-0.1, -0.05) is 30.0 Å². The van der Waals surface area contributed by atoms with Crippen LogP contribution in [0.1, 0.15) is 23.6 Å². The van der Waals surface area contributed by atoms with E-state index in [4.69, 9.17) is 5.26 Å². The Balaban J connectivity index is 2.68. The van der Waals surface area contributed by atoms with Crippen molar-refractivity contribution >= 4 is 23.0 Å². The van der Waals surface area contributed by atoms with Crippen LogP contribution < -0.4 is 0 Å². The first kappa shape index (κ1) is 12.5. The van der Waals surface area contributed by atoms with Crippen LogP contribution in [0.15, 0.2) is 24.3 Å². The third-order valence-corrected chi connectivity index (χ3v) is 2.84. The molecule has 0 radical (unpaired) electrons. The number of thioether (sulfide) groups is 1. The van der Waals surface area contributed by atoms with E-state index < -0.39 is 0 Å². The molecule has 0 saturated carbocycles. The predicted molar refractivity (Wildman–Crippen MR) is 68.1 cm³/mol. The zero-order valence-electron chi connectivity index (χ0n) is 9.36. The maximum absolute atomic E-state index is 10.7. The van der Waals surface area contributed by atoms with Crippen molar-refractivity contribution in [2.24, 2.45) is 0 Å². The molecule has 0 saturated heterocycles. The van der Waals surface area contributed by atoms with Crippen molar-refractivity contribution in [1.29, 1.82) is 5.26 Å². The highest BCUT2D eigenvalue weighted by molar-refractivity contribution is 8.13. The fourth-order valence-electron chi connectivity index (χ4n) is 1.27. The van der Waals surface area contributed by atoms with Crippen LogP contribution in [0.3, 0.4) is 0 Å². The molecule has 2 nitrogen and oxygen atoms in total. The zero-order valence-corrected chi connectivity index (χ0v) is 10.2. The molecule has 1 aromatic carbocycles. The predicted octanol–water partition coefficient (Wildman–Crippen LogP) is 3.16. The second kappa shape index (κ2) is 6.14. The van der Waals surface area contributed by atoms with Gasteiger partial charge in [0, 0.05) is 12.7 Å². The fraction of sp³-hybridized carbons (Fsp3) is 0.231. The van der Waals surface area contributed by atoms with Gasteiger partial charge in [-0.05, 0) is 30.2 Å². The first-order valence-corrected chi connectivity index (χ1v) is 5.92. The van der Waals surface area contributed by atoms with Crippen LogP contribution >= 0.6 is 11.8 Å². The molecule has 0 fully saturated rings. The van der Waals surface area contributed by atoms with Gasteiger partial charge in [-0.2, -0.15) is 5.26 Å². The highest BCUT2D eigenvalue weighted by Crippen LogP contribution is 2.13. The smallest absolute Gasteiger partial charge is 0.186 e. The van der Waals surface area contributed by atoms with Crippen LogP contribution in [0.25, 0.3) is 6.08 Å². The van der Waals surface area contributed by atoms with E-state index in [-0.39, 0.29) is 5.12 Å². The molecule has 0 amide bonds. The van der Waals surface area contributed by atoms with Gasteiger partial charge in [-0.25, -0.2) is 0 Å². The lowest BCUT2D eigenvalue weighted by Crippen LogP contribution is -1.84. The van der Waals surface area contributed by atoms with Crippen molar-refractivity contribution in [3.8, 4) is 6.07 Å². The number of hydrogen-bond donors (Lipinski definition) is 0. The van der Waals surface area contributed by atoms with Crippen LogP contribution in [0.5, 0.6) is 0 Å². The molecule has 3 heteroatoms. The summed E-state index contributed by atoms with van der Waals surface area (Å²) in [4.78, 5) is 10.7. The van der Waals surface area contributed by atoms with E-state index in [0.29, 0.717) is 11.3 Å². The van der Waals surface area contributed by atoms with E-state index in [9.17, 15) is 4.79 Å². The Labute approximate surface area is 100.0 Å². The maximum atomic E-state index is 10.7. The molecule has 0 aromatic heterocycles. The van der Waals surface area contributed by atoms with E-state index in [2.05, 4.69) is 6.07 Å². The standard InChI is InChI=1S/C13H13NOS/c1-10-8-12(9-14)5-6-13(10)4-3-7-16-11(2)15/h3-6,8H,7H2,1-2H3. The van der Waals surface area contributed by atoms with Gasteiger partial charge in [0.2, 0.25) is 0 Å². The molecule has 82 valence electrons. The average molecular weight is 231 g/mol. The van der Waals surface area contributed by atoms with Gasteiger partial charge in [0.25, 0.3) is 0 Å². The topological polar surface area (TPSA) is 40.9 Å². The quantitative estimate of drug-likeness (QED) is 0.802. The number of hydrogen-bond acceptors (Lipinski definition) is 3. The van der Waals surface area contributed by atoms with E-state index in [1.54, 1.807) is 13.0 Å². The third-order valence-electron chi connectivity index (χ3n) is 2.08. The molecule has 0 heterocycles. The lowest BCUT2D eigenvalue weighted by Gasteiger charge is -2.00. The summed E-state index contributed by atoms with van der Waals surface area (Å²) in [5.41, 5.74) is 2.83. The van der Waals surface area contributed by atoms with Gasteiger partial charge in [0.05, 0.1) is 11.6 Å². The number of carbonyl (C=O) groups excluding carboxylic acids is 1. The second-order valence-corrected chi connectivity index (χ2v) is 4.59. The molecule has 0 atom stereocenters. The van der Waals surface area contributed by atoms with Crippen LogP contribution in [-0.2, 0) is 4.79 Å². The van der Waals surface area contributed by atoms with Gasteiger partial charge < -0.3 is 0 Å². The Bertz CT molecular complexity index is 457. The number of aryl methyl sites for hydroxylation is 1. The number of nitriles is 1. The van der Waals surface area contributed by atoms with Gasteiger partial charge in [0.1, 0.15) is 0 Å². The summed E-state index contributed by atoms with van der Waals surface area (Å²) in [6.45, 7) is 3.53. The number of nitrogens with zero attached hydrogens (tertiary/aromatic N) is 1. The summed E-state index contributed by atoms with van der Waals surface area (Å²) in [7, 11) is 0. The van der Waals surface area contributed by atoms with Crippen molar-refractivity contribution < 1.29 is 4.79 Å². The molecule has 1 rings (SSSR count). The van der Waals surface area contributed by atoms with Crippen molar-refractivity contribution in [3.05, 3.63) is 41.0 Å². The summed E-state index contributed by atoms with van der Waals surface area (Å²) in [6.07, 6.45) is 3.94. The molecular weight excluding hydrogens is 218 g/mol. The molecule has 0 bridgehead atoms. The minimum atomic E-state index is 0.126. The Morgan fingerprint density at radius 1 is 1.56 bits per heavy atom. The monoisotopic (exact) mass is 231 g/mol. The Morgan fingerprint density at radius 3 is 2.88 bits per heavy atom. The summed E-state index contributed by atoms with van der Waals surface area (Å²) in [5.74, 6) is 0.689. The normalized spacial score (nSPS) is 10.3. The number of carbonyl (C=O) groups is 1. The molecule has 0 aliphatic carbocycles. The van der Waals surface area contributed by atoms with Gasteiger partial charge in [-0.15, -0.1) is 0 Å². The lowest BCUT2D eigenvalue weighted by atomic mass is 10.1. The summed E-state index contributed by atoms with van der Waals surface area (Å²) < 4.78 is 0. The van der Waals surface area contributed by atoms with Crippen LogP contribution in [0.4, 0.5) is 0 Å². The molecule has 0 aliphatic heterocycles. The summed E-state index contributed by atoms with van der Waals surface area (Å²) in [6, 6.07) is 7.68. The van der Waals surface area contributed by atoms with E-state index in [1.807, 2.05) is 31.2 Å². The molecule has 0 N–H and O–H groups in total. The number of benzene rings is 1. The van der Waals surface area contributed by atoms with Gasteiger partial charge in [0.15, 0.2) is 5.12 Å². The summed E-state index contributed by atoms with van der Waals surface area (Å²) >= 11 is 1.29. The van der Waals surface area contributed by atoms with Crippen molar-refractivity contribution in [1.82, 2.24) is 0 Å². The third kappa shape index (κ3) is 3.92. The van der Waals surface area contributed by atoms with E-state index >= 15 is 0 Å². The number of rotatable bonds is 3. The minimum Gasteiger partial charge on any atom is -0.288 e. The van der Waals surface area contributed by atoms with Crippen molar-refractivity contribution in [2.45, 2.75) is 13.8 Å². The molecule has 1 aromatic rings. The minimum absolute atomic E-state index is 0.126. The Hall–Kier alpha value is -1.53. The maximum Gasteiger partial charge on any atom is 0.186 e. The first-order chi connectivity index (χ1) is 7.63. The second-order valence-electron chi connectivity index (χ2n) is 3.39.